The Morgan fingerprint density at radius 2 is 2.10 bits per heavy atom. The topological polar surface area (TPSA) is 37.3 Å². The zero-order valence-corrected chi connectivity index (χ0v) is 6.15. The second-order valence-electron chi connectivity index (χ2n) is 3.20. The Morgan fingerprint density at radius 1 is 1.60 bits per heavy atom. The molecule has 2 atom stereocenters. The standard InChI is InChI=1S/C7H11FO2/c1-6(10)4-3-5(9)7(6,2)8/h10H,3-4H2,1-2H3/t6-,7+/m0/s1. The third-order valence-corrected chi connectivity index (χ3v) is 2.37. The summed E-state index contributed by atoms with van der Waals surface area (Å²) in [7, 11) is 0. The van der Waals surface area contributed by atoms with Gasteiger partial charge in [-0.15, -0.1) is 0 Å². The predicted octanol–water partition coefficient (Wildman–Crippen LogP) is 0.829. The lowest BCUT2D eigenvalue weighted by molar-refractivity contribution is -0.136. The summed E-state index contributed by atoms with van der Waals surface area (Å²) in [5.41, 5.74) is -3.49. The molecule has 0 unspecified atom stereocenters. The van der Waals surface area contributed by atoms with Crippen LogP contribution >= 0.6 is 0 Å². The van der Waals surface area contributed by atoms with Crippen LogP contribution in [0.5, 0.6) is 0 Å². The molecule has 0 aliphatic heterocycles. The van der Waals surface area contributed by atoms with Crippen LogP contribution in [0.1, 0.15) is 26.7 Å². The number of carbonyl (C=O) groups is 1. The summed E-state index contributed by atoms with van der Waals surface area (Å²) in [6.45, 7) is 2.50. The predicted molar refractivity (Wildman–Crippen MR) is 34.4 cm³/mol. The molecule has 58 valence electrons. The summed E-state index contributed by atoms with van der Waals surface area (Å²) in [6, 6.07) is 0. The van der Waals surface area contributed by atoms with Crippen molar-refractivity contribution in [1.82, 2.24) is 0 Å². The zero-order chi connectivity index (χ0) is 7.99. The average Bonchev–Trinajstić information content (AvgIpc) is 1.94. The van der Waals surface area contributed by atoms with Crippen LogP contribution in [0.3, 0.4) is 0 Å². The first kappa shape index (κ1) is 7.66. The first-order chi connectivity index (χ1) is 4.38. The lowest BCUT2D eigenvalue weighted by atomic mass is 9.91. The van der Waals surface area contributed by atoms with Crippen LogP contribution in [0.4, 0.5) is 4.39 Å². The highest BCUT2D eigenvalue weighted by molar-refractivity contribution is 5.90. The molecule has 0 aromatic heterocycles. The maximum absolute atomic E-state index is 13.2. The summed E-state index contributed by atoms with van der Waals surface area (Å²) < 4.78 is 13.2. The molecule has 0 aromatic carbocycles. The summed E-state index contributed by atoms with van der Waals surface area (Å²) in [5.74, 6) is -0.488. The molecule has 0 radical (unpaired) electrons. The second kappa shape index (κ2) is 1.78. The number of alkyl halides is 1. The Bertz CT molecular complexity index is 172. The van der Waals surface area contributed by atoms with E-state index < -0.39 is 17.1 Å². The van der Waals surface area contributed by atoms with Crippen LogP contribution < -0.4 is 0 Å². The van der Waals surface area contributed by atoms with Crippen molar-refractivity contribution in [2.24, 2.45) is 0 Å². The highest BCUT2D eigenvalue weighted by Gasteiger charge is 2.54. The Hall–Kier alpha value is -0.440. The lowest BCUT2D eigenvalue weighted by Gasteiger charge is -2.26. The minimum atomic E-state index is -2.03. The van der Waals surface area contributed by atoms with Gasteiger partial charge in [0, 0.05) is 6.42 Å². The van der Waals surface area contributed by atoms with E-state index in [0.29, 0.717) is 0 Å². The minimum Gasteiger partial charge on any atom is -0.386 e. The van der Waals surface area contributed by atoms with Crippen LogP contribution in [0.15, 0.2) is 0 Å². The van der Waals surface area contributed by atoms with E-state index in [4.69, 9.17) is 0 Å². The van der Waals surface area contributed by atoms with E-state index in [1.54, 1.807) is 0 Å². The van der Waals surface area contributed by atoms with E-state index in [9.17, 15) is 14.3 Å². The summed E-state index contributed by atoms with van der Waals surface area (Å²) in [4.78, 5) is 10.8. The van der Waals surface area contributed by atoms with E-state index in [-0.39, 0.29) is 12.8 Å². The molecule has 10 heavy (non-hydrogen) atoms. The first-order valence-corrected chi connectivity index (χ1v) is 3.32. The lowest BCUT2D eigenvalue weighted by Crippen LogP contribution is -2.45. The molecule has 1 N–H and O–H groups in total. The molecular weight excluding hydrogens is 135 g/mol. The van der Waals surface area contributed by atoms with Gasteiger partial charge in [0.1, 0.15) is 5.60 Å². The van der Waals surface area contributed by atoms with Crippen molar-refractivity contribution in [3.8, 4) is 0 Å². The Kier molecular flexibility index (Phi) is 1.37. The molecule has 1 saturated carbocycles. The molecule has 2 nitrogen and oxygen atoms in total. The number of hydrogen-bond acceptors (Lipinski definition) is 2. The van der Waals surface area contributed by atoms with Crippen molar-refractivity contribution in [2.45, 2.75) is 38.0 Å². The normalized spacial score (nSPS) is 48.2. The number of halogens is 1. The molecular formula is C7H11FO2. The fourth-order valence-electron chi connectivity index (χ4n) is 1.13. The molecule has 0 bridgehead atoms. The Morgan fingerprint density at radius 3 is 2.20 bits per heavy atom. The van der Waals surface area contributed by atoms with E-state index in [1.807, 2.05) is 0 Å². The van der Waals surface area contributed by atoms with Crippen molar-refractivity contribution < 1.29 is 14.3 Å². The van der Waals surface area contributed by atoms with Crippen LogP contribution in [-0.2, 0) is 4.79 Å². The van der Waals surface area contributed by atoms with E-state index in [2.05, 4.69) is 0 Å². The summed E-state index contributed by atoms with van der Waals surface area (Å²) in [6.07, 6.45) is 0.388. The van der Waals surface area contributed by atoms with Gasteiger partial charge in [-0.05, 0) is 20.3 Å². The van der Waals surface area contributed by atoms with Gasteiger partial charge in [0.2, 0.25) is 0 Å². The zero-order valence-electron chi connectivity index (χ0n) is 6.15. The largest absolute Gasteiger partial charge is 0.386 e. The van der Waals surface area contributed by atoms with Gasteiger partial charge in [0.15, 0.2) is 11.5 Å². The van der Waals surface area contributed by atoms with Crippen LogP contribution in [0.2, 0.25) is 0 Å². The van der Waals surface area contributed by atoms with Crippen molar-refractivity contribution in [2.75, 3.05) is 0 Å². The van der Waals surface area contributed by atoms with Gasteiger partial charge in [-0.25, -0.2) is 4.39 Å². The third kappa shape index (κ3) is 0.770. The van der Waals surface area contributed by atoms with Crippen molar-refractivity contribution >= 4 is 5.78 Å². The molecule has 3 heteroatoms. The highest BCUT2D eigenvalue weighted by atomic mass is 19.1. The monoisotopic (exact) mass is 146 g/mol. The molecule has 0 heterocycles. The van der Waals surface area contributed by atoms with Gasteiger partial charge < -0.3 is 5.11 Å². The van der Waals surface area contributed by atoms with E-state index >= 15 is 0 Å². The highest BCUT2D eigenvalue weighted by Crippen LogP contribution is 2.38. The van der Waals surface area contributed by atoms with Gasteiger partial charge in [-0.3, -0.25) is 4.79 Å². The molecule has 0 spiro atoms. The number of Topliss-reactive ketones (excluding diaryl/α,β-unsaturated/α-hetero) is 1. The summed E-state index contributed by atoms with van der Waals surface area (Å²) in [5, 5.41) is 9.30. The number of hydrogen-bond donors (Lipinski definition) is 1. The minimum absolute atomic E-state index is 0.153. The molecule has 0 aromatic rings. The second-order valence-corrected chi connectivity index (χ2v) is 3.20. The number of ketones is 1. The van der Waals surface area contributed by atoms with Gasteiger partial charge in [-0.2, -0.15) is 0 Å². The molecule has 1 aliphatic rings. The van der Waals surface area contributed by atoms with Gasteiger partial charge in [0.25, 0.3) is 0 Å². The number of aliphatic hydroxyl groups is 1. The molecule has 1 rings (SSSR count). The Labute approximate surface area is 59.0 Å². The van der Waals surface area contributed by atoms with Crippen molar-refractivity contribution in [1.29, 1.82) is 0 Å². The van der Waals surface area contributed by atoms with Crippen LogP contribution in [0.25, 0.3) is 0 Å². The third-order valence-electron chi connectivity index (χ3n) is 2.37. The quantitative estimate of drug-likeness (QED) is 0.549. The fraction of sp³-hybridized carbons (Fsp3) is 0.857. The maximum Gasteiger partial charge on any atom is 0.194 e. The molecule has 0 saturated heterocycles. The smallest absolute Gasteiger partial charge is 0.194 e. The Balaban J connectivity index is 2.95. The van der Waals surface area contributed by atoms with Gasteiger partial charge >= 0.3 is 0 Å². The van der Waals surface area contributed by atoms with E-state index in [0.717, 1.165) is 6.92 Å². The number of rotatable bonds is 0. The molecule has 1 aliphatic carbocycles. The fourth-order valence-corrected chi connectivity index (χ4v) is 1.13. The first-order valence-electron chi connectivity index (χ1n) is 3.32. The molecule has 0 amide bonds. The van der Waals surface area contributed by atoms with E-state index in [1.165, 1.54) is 6.92 Å². The maximum atomic E-state index is 13.2. The van der Waals surface area contributed by atoms with Crippen LogP contribution in [-0.4, -0.2) is 22.2 Å². The summed E-state index contributed by atoms with van der Waals surface area (Å²) >= 11 is 0. The van der Waals surface area contributed by atoms with Crippen molar-refractivity contribution in [3.05, 3.63) is 0 Å². The van der Waals surface area contributed by atoms with Crippen molar-refractivity contribution in [3.63, 3.8) is 0 Å². The van der Waals surface area contributed by atoms with Crippen LogP contribution in [0, 0.1) is 0 Å². The van der Waals surface area contributed by atoms with Gasteiger partial charge in [-0.1, -0.05) is 0 Å². The average molecular weight is 146 g/mol. The molecule has 1 fully saturated rings. The SMILES string of the molecule is C[C@]1(O)CCC(=O)[C@@]1(C)F. The van der Waals surface area contributed by atoms with Gasteiger partial charge in [0.05, 0.1) is 0 Å². The number of carbonyl (C=O) groups excluding carboxylic acids is 1.